The van der Waals surface area contributed by atoms with E-state index in [1.807, 2.05) is 44.3 Å². The number of imidazole rings is 2. The molecule has 2 heterocycles. The minimum atomic E-state index is -1.18. The average molecular weight is 669 g/mol. The highest BCUT2D eigenvalue weighted by molar-refractivity contribution is 8.01. The van der Waals surface area contributed by atoms with Gasteiger partial charge in [0.25, 0.3) is 0 Å². The molecule has 0 spiro atoms. The molecule has 47 heavy (non-hydrogen) atoms. The Morgan fingerprint density at radius 1 is 0.872 bits per heavy atom. The Hall–Kier alpha value is -4.02. The number of hydrogen-bond acceptors (Lipinski definition) is 7. The molecule has 3 aromatic carbocycles. The van der Waals surface area contributed by atoms with Crippen molar-refractivity contribution in [2.75, 3.05) is 0 Å². The van der Waals surface area contributed by atoms with Gasteiger partial charge >= 0.3 is 11.9 Å². The van der Waals surface area contributed by atoms with Gasteiger partial charge in [0.15, 0.2) is 10.3 Å². The lowest BCUT2D eigenvalue weighted by atomic mass is 9.87. The average Bonchev–Trinajstić information content (AvgIpc) is 3.66. The largest absolute Gasteiger partial charge is 0.480 e. The molecule has 2 aromatic heterocycles. The summed E-state index contributed by atoms with van der Waals surface area (Å²) >= 11 is 2.46. The van der Waals surface area contributed by atoms with Crippen LogP contribution in [0.4, 0.5) is 0 Å². The van der Waals surface area contributed by atoms with Crippen LogP contribution in [0.2, 0.25) is 0 Å². The highest BCUT2D eigenvalue weighted by atomic mass is 32.2. The van der Waals surface area contributed by atoms with Crippen LogP contribution in [-0.2, 0) is 28.9 Å². The van der Waals surface area contributed by atoms with Crippen LogP contribution in [0.5, 0.6) is 5.88 Å². The van der Waals surface area contributed by atoms with Gasteiger partial charge in [-0.3, -0.25) is 18.7 Å². The number of esters is 1. The van der Waals surface area contributed by atoms with Gasteiger partial charge in [-0.2, -0.15) is 0 Å². The Balaban J connectivity index is 1.36. The lowest BCUT2D eigenvalue weighted by Crippen LogP contribution is -2.33. The zero-order chi connectivity index (χ0) is 33.5. The topological polar surface area (TPSA) is 99.2 Å². The zero-order valence-corrected chi connectivity index (χ0v) is 29.3. The van der Waals surface area contributed by atoms with Crippen LogP contribution in [0, 0.1) is 6.92 Å². The SMILES string of the molecule is CCc1ccc(-n2c(OC(=O)C(C)(C)Sc3nccn3-c3ccc(C)c4c3CCCC4)cnc2SC(C)(C)C(=O)O)c2ccccc12. The number of carboxylic acid groups (broad SMARTS) is 1. The molecule has 1 aliphatic rings. The summed E-state index contributed by atoms with van der Waals surface area (Å²) < 4.78 is 7.81. The first kappa shape index (κ1) is 32.9. The molecule has 10 heteroatoms. The third-order valence-electron chi connectivity index (χ3n) is 8.82. The zero-order valence-electron chi connectivity index (χ0n) is 27.7. The van der Waals surface area contributed by atoms with Gasteiger partial charge in [-0.1, -0.05) is 66.8 Å². The van der Waals surface area contributed by atoms with Crippen molar-refractivity contribution >= 4 is 46.2 Å². The number of hydrogen-bond donors (Lipinski definition) is 1. The van der Waals surface area contributed by atoms with Crippen LogP contribution in [0.3, 0.4) is 0 Å². The van der Waals surface area contributed by atoms with Crippen molar-refractivity contribution in [1.29, 1.82) is 0 Å². The number of aromatic nitrogens is 4. The summed E-state index contributed by atoms with van der Waals surface area (Å²) in [6, 6.07) is 16.4. The summed E-state index contributed by atoms with van der Waals surface area (Å²) in [4.78, 5) is 35.4. The number of fused-ring (bicyclic) bond motifs is 2. The molecular formula is C37H40N4O4S2. The van der Waals surface area contributed by atoms with Crippen molar-refractivity contribution in [3.05, 3.63) is 89.4 Å². The molecule has 0 bridgehead atoms. The smallest absolute Gasteiger partial charge is 0.328 e. The van der Waals surface area contributed by atoms with Gasteiger partial charge in [0.05, 0.1) is 17.6 Å². The van der Waals surface area contributed by atoms with Crippen LogP contribution in [0.15, 0.2) is 77.4 Å². The molecule has 0 unspecified atom stereocenters. The van der Waals surface area contributed by atoms with Gasteiger partial charge in [-0.25, -0.2) is 9.97 Å². The molecule has 5 aromatic rings. The van der Waals surface area contributed by atoms with Gasteiger partial charge in [-0.15, -0.1) is 0 Å². The first-order valence-corrected chi connectivity index (χ1v) is 17.6. The highest BCUT2D eigenvalue weighted by Crippen LogP contribution is 2.40. The molecule has 0 atom stereocenters. The molecule has 0 radical (unpaired) electrons. The number of carboxylic acids is 1. The van der Waals surface area contributed by atoms with Crippen LogP contribution in [-0.4, -0.2) is 45.6 Å². The summed E-state index contributed by atoms with van der Waals surface area (Å²) in [6.45, 7) is 11.2. The maximum Gasteiger partial charge on any atom is 0.328 e. The second-order valence-corrected chi connectivity index (χ2v) is 16.1. The lowest BCUT2D eigenvalue weighted by Gasteiger charge is -2.25. The lowest BCUT2D eigenvalue weighted by molar-refractivity contribution is -0.139. The van der Waals surface area contributed by atoms with E-state index in [-0.39, 0.29) is 5.88 Å². The number of ether oxygens (including phenoxy) is 1. The molecule has 0 amide bonds. The Bertz CT molecular complexity index is 1990. The molecule has 8 nitrogen and oxygen atoms in total. The summed E-state index contributed by atoms with van der Waals surface area (Å²) in [5, 5.41) is 13.1. The number of carbonyl (C=O) groups is 2. The molecule has 6 rings (SSSR count). The molecule has 0 fully saturated rings. The fourth-order valence-electron chi connectivity index (χ4n) is 6.10. The van der Waals surface area contributed by atoms with Crippen molar-refractivity contribution < 1.29 is 19.4 Å². The standard InChI is InChI=1S/C37H40N4O4S2/c1-7-24-17-19-30(28-15-11-9-13-26(24)28)41-31(22-39-35(41)47-36(3,4)32(42)43)45-33(44)37(5,6)46-34-38-20-21-40(34)29-18-16-23(2)25-12-8-10-14-27(25)29/h9,11,13,15-22H,7-8,10,12,14H2,1-6H3,(H,42,43). The predicted molar refractivity (Wildman–Crippen MR) is 189 cm³/mol. The Morgan fingerprint density at radius 3 is 2.28 bits per heavy atom. The summed E-state index contributed by atoms with van der Waals surface area (Å²) in [7, 11) is 0. The second-order valence-electron chi connectivity index (χ2n) is 12.9. The molecule has 0 aliphatic heterocycles. The van der Waals surface area contributed by atoms with Gasteiger partial charge in [0, 0.05) is 17.8 Å². The second kappa shape index (κ2) is 12.9. The number of carbonyl (C=O) groups excluding carboxylic acids is 1. The minimum absolute atomic E-state index is 0.220. The third-order valence-corrected chi connectivity index (χ3v) is 11.1. The van der Waals surface area contributed by atoms with E-state index in [9.17, 15) is 14.7 Å². The van der Waals surface area contributed by atoms with E-state index in [0.717, 1.165) is 59.6 Å². The van der Waals surface area contributed by atoms with E-state index in [1.54, 1.807) is 24.6 Å². The van der Waals surface area contributed by atoms with Crippen molar-refractivity contribution in [3.8, 4) is 17.3 Å². The molecule has 0 saturated heterocycles. The normalized spacial score (nSPS) is 13.5. The van der Waals surface area contributed by atoms with Crippen molar-refractivity contribution in [3.63, 3.8) is 0 Å². The maximum atomic E-state index is 14.0. The van der Waals surface area contributed by atoms with Crippen LogP contribution in [0.25, 0.3) is 22.1 Å². The predicted octanol–water partition coefficient (Wildman–Crippen LogP) is 8.39. The number of benzene rings is 3. The molecule has 244 valence electrons. The van der Waals surface area contributed by atoms with Crippen LogP contribution < -0.4 is 4.74 Å². The minimum Gasteiger partial charge on any atom is -0.480 e. The summed E-state index contributed by atoms with van der Waals surface area (Å²) in [6.07, 6.45) is 10.5. The molecule has 1 N–H and O–H groups in total. The number of aliphatic carboxylic acids is 1. The Kier molecular flexibility index (Phi) is 9.02. The van der Waals surface area contributed by atoms with E-state index in [0.29, 0.717) is 10.3 Å². The van der Waals surface area contributed by atoms with E-state index in [4.69, 9.17) is 4.74 Å². The van der Waals surface area contributed by atoms with Crippen LogP contribution >= 0.6 is 23.5 Å². The third kappa shape index (κ3) is 6.33. The molecule has 1 aliphatic carbocycles. The number of thioether (sulfide) groups is 2. The monoisotopic (exact) mass is 668 g/mol. The van der Waals surface area contributed by atoms with Gasteiger partial charge in [0.1, 0.15) is 9.49 Å². The summed E-state index contributed by atoms with van der Waals surface area (Å²) in [5.41, 5.74) is 7.15. The number of rotatable bonds is 10. The van der Waals surface area contributed by atoms with Crippen molar-refractivity contribution in [2.24, 2.45) is 0 Å². The van der Waals surface area contributed by atoms with Crippen LogP contribution in [0.1, 0.15) is 69.7 Å². The maximum absolute atomic E-state index is 14.0. The summed E-state index contributed by atoms with van der Waals surface area (Å²) in [5.74, 6) is -1.21. The van der Waals surface area contributed by atoms with Gasteiger partial charge in [0.2, 0.25) is 5.88 Å². The van der Waals surface area contributed by atoms with Crippen molar-refractivity contribution in [2.45, 2.75) is 93.5 Å². The van der Waals surface area contributed by atoms with Gasteiger partial charge < -0.3 is 9.84 Å². The van der Waals surface area contributed by atoms with Crippen molar-refractivity contribution in [1.82, 2.24) is 19.1 Å². The fourth-order valence-corrected chi connectivity index (χ4v) is 7.98. The molecular weight excluding hydrogens is 629 g/mol. The van der Waals surface area contributed by atoms with E-state index in [2.05, 4.69) is 52.6 Å². The first-order chi connectivity index (χ1) is 22.4. The quantitative estimate of drug-likeness (QED) is 0.117. The Labute approximate surface area is 284 Å². The van der Waals surface area contributed by atoms with E-state index < -0.39 is 21.4 Å². The first-order valence-electron chi connectivity index (χ1n) is 16.0. The highest BCUT2D eigenvalue weighted by Gasteiger charge is 2.36. The number of aryl methyl sites for hydroxylation is 2. The van der Waals surface area contributed by atoms with E-state index in [1.165, 1.54) is 46.6 Å². The fraction of sp³-hybridized carbons (Fsp3) is 0.351. The number of nitrogens with zero attached hydrogens (tertiary/aromatic N) is 4. The van der Waals surface area contributed by atoms with Gasteiger partial charge in [-0.05, 0) is 106 Å². The Morgan fingerprint density at radius 2 is 1.55 bits per heavy atom. The van der Waals surface area contributed by atoms with E-state index >= 15 is 0 Å². The molecule has 0 saturated carbocycles.